The van der Waals surface area contributed by atoms with Gasteiger partial charge < -0.3 is 10.2 Å². The molecule has 1 fully saturated rings. The lowest BCUT2D eigenvalue weighted by Crippen LogP contribution is -2.38. The first kappa shape index (κ1) is 16.2. The van der Waals surface area contributed by atoms with Crippen molar-refractivity contribution >= 4 is 15.8 Å². The molecule has 6 nitrogen and oxygen atoms in total. The molecule has 1 unspecified atom stereocenters. The SMILES string of the molecule is CCN(CC1CCCN1)c1ccc(S(=O)(=O)N(C)C)cn1. The van der Waals surface area contributed by atoms with E-state index in [1.54, 1.807) is 12.1 Å². The van der Waals surface area contributed by atoms with E-state index in [4.69, 9.17) is 0 Å². The molecule has 1 N–H and O–H groups in total. The normalized spacial score (nSPS) is 19.1. The van der Waals surface area contributed by atoms with E-state index in [-0.39, 0.29) is 4.90 Å². The third-order valence-corrected chi connectivity index (χ3v) is 5.61. The van der Waals surface area contributed by atoms with Crippen LogP contribution < -0.4 is 10.2 Å². The summed E-state index contributed by atoms with van der Waals surface area (Å²) >= 11 is 0. The van der Waals surface area contributed by atoms with Crippen LogP contribution in [0.15, 0.2) is 23.2 Å². The molecule has 118 valence electrons. The second-order valence-electron chi connectivity index (χ2n) is 5.47. The highest BCUT2D eigenvalue weighted by atomic mass is 32.2. The molecule has 0 radical (unpaired) electrons. The zero-order chi connectivity index (χ0) is 15.5. The fraction of sp³-hybridized carbons (Fsp3) is 0.643. The van der Waals surface area contributed by atoms with Gasteiger partial charge in [0, 0.05) is 39.4 Å². The standard InChI is InChI=1S/C14H24N4O2S/c1-4-18(11-12-6-5-9-15-12)14-8-7-13(10-16-14)21(19,20)17(2)3/h7-8,10,12,15H,4-6,9,11H2,1-3H3. The average Bonchev–Trinajstić information content (AvgIpc) is 2.97. The van der Waals surface area contributed by atoms with Crippen molar-refractivity contribution in [3.05, 3.63) is 18.3 Å². The average molecular weight is 312 g/mol. The summed E-state index contributed by atoms with van der Waals surface area (Å²) < 4.78 is 25.2. The fourth-order valence-corrected chi connectivity index (χ4v) is 3.33. The summed E-state index contributed by atoms with van der Waals surface area (Å²) in [5.74, 6) is 0.823. The minimum atomic E-state index is -3.41. The molecule has 0 saturated carbocycles. The van der Waals surface area contributed by atoms with Crippen LogP contribution in [-0.2, 0) is 10.0 Å². The number of aromatic nitrogens is 1. The molecule has 2 heterocycles. The Labute approximate surface area is 127 Å². The Morgan fingerprint density at radius 1 is 1.38 bits per heavy atom. The monoisotopic (exact) mass is 312 g/mol. The van der Waals surface area contributed by atoms with Crippen LogP contribution in [0.4, 0.5) is 5.82 Å². The van der Waals surface area contributed by atoms with E-state index in [9.17, 15) is 8.42 Å². The Morgan fingerprint density at radius 2 is 2.14 bits per heavy atom. The van der Waals surface area contributed by atoms with Crippen LogP contribution in [0.25, 0.3) is 0 Å². The quantitative estimate of drug-likeness (QED) is 0.846. The van der Waals surface area contributed by atoms with Crippen molar-refractivity contribution in [3.8, 4) is 0 Å². The molecule has 2 rings (SSSR count). The van der Waals surface area contributed by atoms with E-state index >= 15 is 0 Å². The van der Waals surface area contributed by atoms with Gasteiger partial charge in [-0.1, -0.05) is 0 Å². The van der Waals surface area contributed by atoms with Crippen LogP contribution in [0.2, 0.25) is 0 Å². The minimum Gasteiger partial charge on any atom is -0.355 e. The van der Waals surface area contributed by atoms with Crippen LogP contribution in [0.1, 0.15) is 19.8 Å². The van der Waals surface area contributed by atoms with Gasteiger partial charge in [0.1, 0.15) is 10.7 Å². The van der Waals surface area contributed by atoms with Crippen molar-refractivity contribution in [1.82, 2.24) is 14.6 Å². The molecular formula is C14H24N4O2S. The first-order valence-corrected chi connectivity index (χ1v) is 8.76. The fourth-order valence-electron chi connectivity index (χ4n) is 2.49. The number of sulfonamides is 1. The molecule has 0 spiro atoms. The van der Waals surface area contributed by atoms with Crippen LogP contribution in [-0.4, -0.2) is 57.5 Å². The van der Waals surface area contributed by atoms with Crippen LogP contribution in [0.3, 0.4) is 0 Å². The molecule has 21 heavy (non-hydrogen) atoms. The molecule has 1 aromatic rings. The maximum atomic E-state index is 12.0. The summed E-state index contributed by atoms with van der Waals surface area (Å²) in [7, 11) is -0.366. The summed E-state index contributed by atoms with van der Waals surface area (Å²) in [5.41, 5.74) is 0. The predicted octanol–water partition coefficient (Wildman–Crippen LogP) is 0.910. The molecule has 1 aliphatic heterocycles. The summed E-state index contributed by atoms with van der Waals surface area (Å²) in [6, 6.07) is 3.91. The van der Waals surface area contributed by atoms with Gasteiger partial charge in [-0.25, -0.2) is 17.7 Å². The summed E-state index contributed by atoms with van der Waals surface area (Å²) in [5, 5.41) is 3.47. The second kappa shape index (κ2) is 6.72. The highest BCUT2D eigenvalue weighted by Gasteiger charge is 2.20. The van der Waals surface area contributed by atoms with Crippen molar-refractivity contribution in [3.63, 3.8) is 0 Å². The highest BCUT2D eigenvalue weighted by Crippen LogP contribution is 2.18. The van der Waals surface area contributed by atoms with Gasteiger partial charge >= 0.3 is 0 Å². The van der Waals surface area contributed by atoms with Crippen molar-refractivity contribution in [2.24, 2.45) is 0 Å². The van der Waals surface area contributed by atoms with E-state index in [0.29, 0.717) is 6.04 Å². The van der Waals surface area contributed by atoms with E-state index in [1.165, 1.54) is 37.4 Å². The number of nitrogens with zero attached hydrogens (tertiary/aromatic N) is 3. The zero-order valence-electron chi connectivity index (χ0n) is 12.9. The van der Waals surface area contributed by atoms with Crippen molar-refractivity contribution in [2.45, 2.75) is 30.7 Å². The van der Waals surface area contributed by atoms with Gasteiger partial charge in [-0.2, -0.15) is 0 Å². The largest absolute Gasteiger partial charge is 0.355 e. The molecule has 1 atom stereocenters. The lowest BCUT2D eigenvalue weighted by molar-refractivity contribution is 0.520. The molecule has 1 aromatic heterocycles. The third kappa shape index (κ3) is 3.72. The lowest BCUT2D eigenvalue weighted by Gasteiger charge is -2.25. The Bertz CT molecular complexity index is 551. The molecule has 1 saturated heterocycles. The first-order chi connectivity index (χ1) is 9.95. The number of rotatable bonds is 6. The smallest absolute Gasteiger partial charge is 0.244 e. The van der Waals surface area contributed by atoms with Crippen LogP contribution in [0, 0.1) is 0 Å². The van der Waals surface area contributed by atoms with E-state index in [1.807, 2.05) is 0 Å². The lowest BCUT2D eigenvalue weighted by atomic mass is 10.2. The zero-order valence-corrected chi connectivity index (χ0v) is 13.7. The van der Waals surface area contributed by atoms with E-state index in [0.717, 1.165) is 25.5 Å². The van der Waals surface area contributed by atoms with Crippen LogP contribution >= 0.6 is 0 Å². The summed E-state index contributed by atoms with van der Waals surface area (Å²) in [6.07, 6.45) is 3.84. The Hall–Kier alpha value is -1.18. The van der Waals surface area contributed by atoms with Crippen LogP contribution in [0.5, 0.6) is 0 Å². The highest BCUT2D eigenvalue weighted by molar-refractivity contribution is 7.89. The van der Waals surface area contributed by atoms with Gasteiger partial charge in [0.25, 0.3) is 0 Å². The Kier molecular flexibility index (Phi) is 5.18. The maximum Gasteiger partial charge on any atom is 0.244 e. The van der Waals surface area contributed by atoms with E-state index in [2.05, 4.69) is 22.1 Å². The van der Waals surface area contributed by atoms with Gasteiger partial charge in [0.2, 0.25) is 10.0 Å². The molecular weight excluding hydrogens is 288 g/mol. The van der Waals surface area contributed by atoms with Gasteiger partial charge in [-0.3, -0.25) is 0 Å². The molecule has 0 amide bonds. The van der Waals surface area contributed by atoms with Crippen molar-refractivity contribution in [1.29, 1.82) is 0 Å². The first-order valence-electron chi connectivity index (χ1n) is 7.32. The number of hydrogen-bond donors (Lipinski definition) is 1. The number of hydrogen-bond acceptors (Lipinski definition) is 5. The number of nitrogens with one attached hydrogen (secondary N) is 1. The van der Waals surface area contributed by atoms with Crippen molar-refractivity contribution in [2.75, 3.05) is 38.6 Å². The minimum absolute atomic E-state index is 0.228. The Balaban J connectivity index is 2.13. The molecule has 7 heteroatoms. The third-order valence-electron chi connectivity index (χ3n) is 3.81. The van der Waals surface area contributed by atoms with Gasteiger partial charge in [-0.05, 0) is 38.4 Å². The maximum absolute atomic E-state index is 12.0. The number of likely N-dealkylation sites (N-methyl/N-ethyl adjacent to an activating group) is 1. The summed E-state index contributed by atoms with van der Waals surface area (Å²) in [4.78, 5) is 6.74. The number of pyridine rings is 1. The second-order valence-corrected chi connectivity index (χ2v) is 7.62. The van der Waals surface area contributed by atoms with Crippen molar-refractivity contribution < 1.29 is 8.42 Å². The topological polar surface area (TPSA) is 65.5 Å². The van der Waals surface area contributed by atoms with E-state index < -0.39 is 10.0 Å². The molecule has 0 aliphatic carbocycles. The molecule has 0 aromatic carbocycles. The Morgan fingerprint density at radius 3 is 2.62 bits per heavy atom. The summed E-state index contributed by atoms with van der Waals surface area (Å²) in [6.45, 7) is 4.92. The van der Waals surface area contributed by atoms with Gasteiger partial charge in [-0.15, -0.1) is 0 Å². The van der Waals surface area contributed by atoms with Gasteiger partial charge in [0.15, 0.2) is 0 Å². The molecule has 0 bridgehead atoms. The predicted molar refractivity (Wildman–Crippen MR) is 84.0 cm³/mol. The number of anilines is 1. The van der Waals surface area contributed by atoms with Gasteiger partial charge in [0.05, 0.1) is 0 Å². The molecule has 1 aliphatic rings.